The van der Waals surface area contributed by atoms with Crippen molar-refractivity contribution in [3.63, 3.8) is 0 Å². The lowest BCUT2D eigenvalue weighted by molar-refractivity contribution is -0.119. The predicted octanol–water partition coefficient (Wildman–Crippen LogP) is 2.06. The van der Waals surface area contributed by atoms with Crippen LogP contribution < -0.4 is 5.56 Å². The van der Waals surface area contributed by atoms with Crippen molar-refractivity contribution in [3.8, 4) is 11.4 Å². The summed E-state index contributed by atoms with van der Waals surface area (Å²) in [5.74, 6) is 0.229. The molecular formula is C18H20N6O2S. The minimum atomic E-state index is -0.203. The Hall–Kier alpha value is -2.68. The van der Waals surface area contributed by atoms with Crippen LogP contribution in [-0.4, -0.2) is 40.6 Å². The van der Waals surface area contributed by atoms with E-state index >= 15 is 0 Å². The fraction of sp³-hybridized carbons (Fsp3) is 0.389. The number of nitrogens with zero attached hydrogens (tertiary/aromatic N) is 6. The summed E-state index contributed by atoms with van der Waals surface area (Å²) < 4.78 is 4.84. The fourth-order valence-electron chi connectivity index (χ4n) is 3.39. The summed E-state index contributed by atoms with van der Waals surface area (Å²) in [4.78, 5) is 25.3. The molecule has 1 aliphatic rings. The van der Waals surface area contributed by atoms with Gasteiger partial charge in [-0.1, -0.05) is 36.4 Å². The third-order valence-electron chi connectivity index (χ3n) is 4.92. The molecule has 1 aliphatic carbocycles. The van der Waals surface area contributed by atoms with Crippen molar-refractivity contribution in [1.82, 2.24) is 29.6 Å². The third kappa shape index (κ3) is 3.12. The van der Waals surface area contributed by atoms with E-state index in [2.05, 4.69) is 15.5 Å². The van der Waals surface area contributed by atoms with Crippen LogP contribution >= 0.6 is 11.8 Å². The van der Waals surface area contributed by atoms with Gasteiger partial charge in [0.25, 0.3) is 5.56 Å². The molecule has 9 heteroatoms. The molecule has 1 aromatic carbocycles. The summed E-state index contributed by atoms with van der Waals surface area (Å²) in [6.07, 6.45) is 3.39. The molecule has 140 valence electrons. The minimum absolute atomic E-state index is 0.149. The maximum absolute atomic E-state index is 13.2. The quantitative estimate of drug-likeness (QED) is 0.684. The van der Waals surface area contributed by atoms with Gasteiger partial charge >= 0.3 is 0 Å². The first kappa shape index (κ1) is 17.7. The van der Waals surface area contributed by atoms with E-state index < -0.39 is 0 Å². The molecule has 0 spiro atoms. The predicted molar refractivity (Wildman–Crippen MR) is 102 cm³/mol. The van der Waals surface area contributed by atoms with Gasteiger partial charge in [-0.05, 0) is 42.3 Å². The Bertz CT molecular complexity index is 1040. The second-order valence-electron chi connectivity index (χ2n) is 6.60. The minimum Gasteiger partial charge on any atom is -0.298 e. The topological polar surface area (TPSA) is 87.6 Å². The van der Waals surface area contributed by atoms with E-state index in [1.807, 2.05) is 44.3 Å². The summed E-state index contributed by atoms with van der Waals surface area (Å²) >= 11 is 1.35. The number of ketones is 1. The Morgan fingerprint density at radius 3 is 2.67 bits per heavy atom. The zero-order valence-electron chi connectivity index (χ0n) is 15.2. The van der Waals surface area contributed by atoms with Crippen LogP contribution in [0, 0.1) is 6.92 Å². The summed E-state index contributed by atoms with van der Waals surface area (Å²) in [5, 5.41) is 12.2. The van der Waals surface area contributed by atoms with Crippen LogP contribution in [0.15, 0.2) is 40.3 Å². The lowest BCUT2D eigenvalue weighted by atomic mass is 9.99. The number of hydrogen-bond donors (Lipinski definition) is 0. The van der Waals surface area contributed by atoms with Gasteiger partial charge in [0.2, 0.25) is 5.16 Å². The van der Waals surface area contributed by atoms with Crippen LogP contribution in [-0.2, 0) is 11.8 Å². The zero-order valence-corrected chi connectivity index (χ0v) is 16.0. The van der Waals surface area contributed by atoms with Crippen LogP contribution in [0.2, 0.25) is 0 Å². The average molecular weight is 384 g/mol. The van der Waals surface area contributed by atoms with Gasteiger partial charge in [-0.2, -0.15) is 4.68 Å². The second kappa shape index (κ2) is 7.15. The van der Waals surface area contributed by atoms with E-state index in [0.717, 1.165) is 30.6 Å². The van der Waals surface area contributed by atoms with E-state index in [-0.39, 0.29) is 16.6 Å². The van der Waals surface area contributed by atoms with Crippen molar-refractivity contribution < 1.29 is 4.79 Å². The maximum Gasteiger partial charge on any atom is 0.297 e. The first-order valence-electron chi connectivity index (χ1n) is 8.90. The number of carbonyl (C=O) groups is 1. The highest BCUT2D eigenvalue weighted by Gasteiger charge is 2.28. The Balaban J connectivity index is 1.77. The average Bonchev–Trinajstić information content (AvgIpc) is 3.20. The van der Waals surface area contributed by atoms with Crippen molar-refractivity contribution in [2.24, 2.45) is 7.05 Å². The van der Waals surface area contributed by atoms with Gasteiger partial charge in [0.05, 0.1) is 16.6 Å². The van der Waals surface area contributed by atoms with Gasteiger partial charge in [0, 0.05) is 13.5 Å². The highest BCUT2D eigenvalue weighted by Crippen LogP contribution is 2.31. The number of carbonyl (C=O) groups excluding carboxylic acids is 1. The highest BCUT2D eigenvalue weighted by atomic mass is 32.2. The number of Topliss-reactive ketones (excluding diaryl/α,β-unsaturated/α-hetero) is 1. The van der Waals surface area contributed by atoms with Gasteiger partial charge in [-0.15, -0.1) is 5.10 Å². The molecule has 0 aliphatic heterocycles. The number of hydrogen-bond acceptors (Lipinski definition) is 6. The van der Waals surface area contributed by atoms with E-state index in [4.69, 9.17) is 0 Å². The summed E-state index contributed by atoms with van der Waals surface area (Å²) in [5.41, 5.74) is 1.71. The van der Waals surface area contributed by atoms with Crippen LogP contribution in [0.25, 0.3) is 11.4 Å². The molecule has 1 unspecified atom stereocenters. The highest BCUT2D eigenvalue weighted by molar-refractivity contribution is 8.00. The smallest absolute Gasteiger partial charge is 0.297 e. The molecule has 2 heterocycles. The molecule has 1 atom stereocenters. The molecule has 0 N–H and O–H groups in total. The second-order valence-corrected chi connectivity index (χ2v) is 7.77. The van der Waals surface area contributed by atoms with Crippen molar-refractivity contribution in [2.75, 3.05) is 0 Å². The monoisotopic (exact) mass is 384 g/mol. The molecule has 27 heavy (non-hydrogen) atoms. The number of rotatable bonds is 4. The zero-order chi connectivity index (χ0) is 19.0. The molecule has 8 nitrogen and oxygen atoms in total. The number of aromatic nitrogens is 6. The van der Waals surface area contributed by atoms with Crippen LogP contribution in [0.5, 0.6) is 0 Å². The van der Waals surface area contributed by atoms with Gasteiger partial charge in [-0.3, -0.25) is 14.3 Å². The normalized spacial score (nSPS) is 17.4. The Kier molecular flexibility index (Phi) is 4.69. The molecule has 0 radical (unpaired) electrons. The van der Waals surface area contributed by atoms with Crippen molar-refractivity contribution in [1.29, 1.82) is 0 Å². The van der Waals surface area contributed by atoms with Gasteiger partial charge in [0.15, 0.2) is 5.69 Å². The molecule has 4 rings (SSSR count). The summed E-state index contributed by atoms with van der Waals surface area (Å²) in [6.45, 7) is 1.86. The summed E-state index contributed by atoms with van der Waals surface area (Å²) in [7, 11) is 1.83. The molecule has 1 fully saturated rings. The van der Waals surface area contributed by atoms with Crippen LogP contribution in [0.3, 0.4) is 0 Å². The number of benzene rings is 1. The van der Waals surface area contributed by atoms with Gasteiger partial charge in [-0.25, -0.2) is 4.68 Å². The van der Waals surface area contributed by atoms with E-state index in [9.17, 15) is 9.59 Å². The SMILES string of the molecule is Cc1c(-n2nnnc2SC2CCCCC2=O)c(=O)n(-c2ccccc2)n1C. The molecule has 1 saturated carbocycles. The standard InChI is InChI=1S/C18H20N6O2S/c1-12-16(17(26)24(22(12)2)13-8-4-3-5-9-13)23-18(19-20-21-23)27-15-11-7-6-10-14(15)25/h3-5,8-9,15H,6-7,10-11H2,1-2H3. The lowest BCUT2D eigenvalue weighted by Crippen LogP contribution is -2.23. The van der Waals surface area contributed by atoms with Crippen molar-refractivity contribution in [2.45, 2.75) is 43.0 Å². The van der Waals surface area contributed by atoms with E-state index in [1.165, 1.54) is 16.4 Å². The Labute approximate surface area is 160 Å². The number of thioether (sulfide) groups is 1. The van der Waals surface area contributed by atoms with Crippen molar-refractivity contribution >= 4 is 17.5 Å². The molecule has 0 amide bonds. The number of para-hydroxylation sites is 1. The Morgan fingerprint density at radius 2 is 1.93 bits per heavy atom. The maximum atomic E-state index is 13.2. The van der Waals surface area contributed by atoms with Crippen molar-refractivity contribution in [3.05, 3.63) is 46.4 Å². The van der Waals surface area contributed by atoms with Gasteiger partial charge < -0.3 is 0 Å². The largest absolute Gasteiger partial charge is 0.298 e. The van der Waals surface area contributed by atoms with Gasteiger partial charge in [0.1, 0.15) is 5.78 Å². The lowest BCUT2D eigenvalue weighted by Gasteiger charge is -2.18. The number of tetrazole rings is 1. The van der Waals surface area contributed by atoms with Crippen LogP contribution in [0.4, 0.5) is 0 Å². The summed E-state index contributed by atoms with van der Waals surface area (Å²) in [6, 6.07) is 9.43. The molecular weight excluding hydrogens is 364 g/mol. The fourth-order valence-corrected chi connectivity index (χ4v) is 4.49. The van der Waals surface area contributed by atoms with E-state index in [0.29, 0.717) is 17.3 Å². The third-order valence-corrected chi connectivity index (χ3v) is 6.17. The molecule has 2 aromatic heterocycles. The first-order valence-corrected chi connectivity index (χ1v) is 9.78. The van der Waals surface area contributed by atoms with E-state index in [1.54, 1.807) is 9.36 Å². The first-order chi connectivity index (χ1) is 13.1. The Morgan fingerprint density at radius 1 is 1.15 bits per heavy atom. The molecule has 3 aromatic rings. The van der Waals surface area contributed by atoms with Crippen LogP contribution in [0.1, 0.15) is 31.4 Å². The molecule has 0 saturated heterocycles. The molecule has 0 bridgehead atoms.